The van der Waals surface area contributed by atoms with E-state index < -0.39 is 16.7 Å². The summed E-state index contributed by atoms with van der Waals surface area (Å²) in [5.41, 5.74) is 4.91. The van der Waals surface area contributed by atoms with E-state index in [-0.39, 0.29) is 28.4 Å². The third kappa shape index (κ3) is 5.70. The lowest BCUT2D eigenvalue weighted by Crippen LogP contribution is -2.43. The van der Waals surface area contributed by atoms with Gasteiger partial charge in [-0.1, -0.05) is 31.2 Å². The first-order chi connectivity index (χ1) is 16.3. The molecule has 0 unspecified atom stereocenters. The molecule has 0 saturated heterocycles. The molecule has 0 aliphatic rings. The number of nitro benzene ring substituents is 1. The summed E-state index contributed by atoms with van der Waals surface area (Å²) in [4.78, 5) is 48.0. The molecule has 2 aromatic carbocycles. The van der Waals surface area contributed by atoms with E-state index >= 15 is 0 Å². The van der Waals surface area contributed by atoms with Crippen molar-refractivity contribution in [2.75, 3.05) is 12.9 Å². The van der Waals surface area contributed by atoms with Gasteiger partial charge in [0.2, 0.25) is 5.91 Å². The first-order valence-corrected chi connectivity index (χ1v) is 11.5. The van der Waals surface area contributed by atoms with Crippen LogP contribution in [0.25, 0.3) is 10.8 Å². The molecule has 2 N–H and O–H groups in total. The number of benzene rings is 2. The number of hydrogen-bond donors (Lipinski definition) is 2. The average molecular weight is 486 g/mol. The zero-order valence-corrected chi connectivity index (χ0v) is 19.4. The summed E-state index contributed by atoms with van der Waals surface area (Å²) in [7, 11) is 1.35. The van der Waals surface area contributed by atoms with E-state index in [1.165, 1.54) is 35.7 Å². The highest BCUT2D eigenvalue weighted by molar-refractivity contribution is 7.99. The van der Waals surface area contributed by atoms with Crippen LogP contribution in [-0.2, 0) is 17.1 Å². The van der Waals surface area contributed by atoms with Crippen LogP contribution in [-0.4, -0.2) is 39.4 Å². The van der Waals surface area contributed by atoms with Crippen LogP contribution in [0.2, 0.25) is 0 Å². The van der Waals surface area contributed by atoms with Gasteiger partial charge in [-0.25, -0.2) is 4.68 Å². The van der Waals surface area contributed by atoms with Gasteiger partial charge in [0.1, 0.15) is 0 Å². The minimum Gasteiger partial charge on any atom is -0.490 e. The number of carbonyl (C=O) groups excluding carboxylic acids is 2. The molecular formula is C22H23N5O6S. The Morgan fingerprint density at radius 1 is 1.18 bits per heavy atom. The van der Waals surface area contributed by atoms with Crippen LogP contribution in [0.1, 0.15) is 29.4 Å². The molecule has 0 bridgehead atoms. The minimum atomic E-state index is -0.648. The number of fused-ring (bicyclic) bond motifs is 1. The fourth-order valence-electron chi connectivity index (χ4n) is 3.22. The summed E-state index contributed by atoms with van der Waals surface area (Å²) in [6, 6.07) is 11.2. The Bertz CT molecular complexity index is 1290. The van der Waals surface area contributed by atoms with Crippen LogP contribution in [0.3, 0.4) is 0 Å². The smallest absolute Gasteiger partial charge is 0.311 e. The number of ether oxygens (including phenoxy) is 1. The number of thioether (sulfide) groups is 1. The summed E-state index contributed by atoms with van der Waals surface area (Å²) < 4.78 is 6.21. The molecule has 0 aliphatic carbocycles. The maximum atomic E-state index is 12.7. The predicted octanol–water partition coefficient (Wildman–Crippen LogP) is 2.42. The van der Waals surface area contributed by atoms with Crippen LogP contribution in [0.4, 0.5) is 5.69 Å². The second-order valence-corrected chi connectivity index (χ2v) is 8.17. The highest BCUT2D eigenvalue weighted by Crippen LogP contribution is 2.28. The Morgan fingerprint density at radius 2 is 1.91 bits per heavy atom. The van der Waals surface area contributed by atoms with Crippen LogP contribution >= 0.6 is 11.8 Å². The van der Waals surface area contributed by atoms with Crippen LogP contribution in [0.5, 0.6) is 5.75 Å². The molecule has 3 aromatic rings. The van der Waals surface area contributed by atoms with E-state index in [9.17, 15) is 24.5 Å². The van der Waals surface area contributed by atoms with Crippen LogP contribution in [0, 0.1) is 10.1 Å². The largest absolute Gasteiger partial charge is 0.490 e. The maximum Gasteiger partial charge on any atom is 0.311 e. The predicted molar refractivity (Wildman–Crippen MR) is 128 cm³/mol. The number of nitrogens with one attached hydrogen (secondary N) is 2. The van der Waals surface area contributed by atoms with Gasteiger partial charge in [-0.05, 0) is 24.1 Å². The van der Waals surface area contributed by atoms with Crippen molar-refractivity contribution in [1.29, 1.82) is 0 Å². The van der Waals surface area contributed by atoms with E-state index in [0.29, 0.717) is 35.1 Å². The zero-order valence-electron chi connectivity index (χ0n) is 18.6. The summed E-state index contributed by atoms with van der Waals surface area (Å²) in [6.45, 7) is 2.25. The number of methoxy groups -OCH3 is 1. The molecule has 0 saturated carbocycles. The van der Waals surface area contributed by atoms with Crippen molar-refractivity contribution in [3.8, 4) is 5.75 Å². The third-order valence-electron chi connectivity index (χ3n) is 4.78. The molecule has 34 heavy (non-hydrogen) atoms. The average Bonchev–Trinajstić information content (AvgIpc) is 2.84. The van der Waals surface area contributed by atoms with Crippen molar-refractivity contribution in [3.63, 3.8) is 0 Å². The summed E-state index contributed by atoms with van der Waals surface area (Å²) in [6.07, 6.45) is 0.664. The van der Waals surface area contributed by atoms with Crippen molar-refractivity contribution in [2.24, 2.45) is 0 Å². The van der Waals surface area contributed by atoms with Crippen molar-refractivity contribution in [2.45, 2.75) is 25.6 Å². The Kier molecular flexibility index (Phi) is 8.19. The number of nitro groups is 1. The minimum absolute atomic E-state index is 0.00359. The lowest BCUT2D eigenvalue weighted by Gasteiger charge is -2.11. The summed E-state index contributed by atoms with van der Waals surface area (Å²) >= 11 is 1.22. The second-order valence-electron chi connectivity index (χ2n) is 7.18. The number of rotatable bonds is 9. The third-order valence-corrected chi connectivity index (χ3v) is 5.78. The van der Waals surface area contributed by atoms with Gasteiger partial charge >= 0.3 is 5.69 Å². The fourth-order valence-corrected chi connectivity index (χ4v) is 3.99. The lowest BCUT2D eigenvalue weighted by molar-refractivity contribution is -0.385. The number of carbonyl (C=O) groups is 2. The van der Waals surface area contributed by atoms with Gasteiger partial charge in [0.15, 0.2) is 11.4 Å². The number of aromatic nitrogens is 2. The summed E-state index contributed by atoms with van der Waals surface area (Å²) in [5.74, 6) is -0.604. The zero-order chi connectivity index (χ0) is 24.7. The van der Waals surface area contributed by atoms with Crippen LogP contribution in [0.15, 0.2) is 47.3 Å². The normalized spacial score (nSPS) is 10.6. The molecular weight excluding hydrogens is 462 g/mol. The quantitative estimate of drug-likeness (QED) is 0.347. The number of nitrogens with zero attached hydrogens (tertiary/aromatic N) is 3. The first kappa shape index (κ1) is 24.7. The van der Waals surface area contributed by atoms with Gasteiger partial charge in [0, 0.05) is 23.8 Å². The maximum absolute atomic E-state index is 12.7. The first-order valence-electron chi connectivity index (χ1n) is 10.3. The van der Waals surface area contributed by atoms with Gasteiger partial charge in [-0.3, -0.25) is 35.3 Å². The summed E-state index contributed by atoms with van der Waals surface area (Å²) in [5, 5.41) is 16.1. The van der Waals surface area contributed by atoms with Gasteiger partial charge < -0.3 is 4.74 Å². The van der Waals surface area contributed by atoms with E-state index in [1.54, 1.807) is 30.3 Å². The molecule has 11 nitrogen and oxygen atoms in total. The SMILES string of the molecule is CCCn1nc(C(=O)NNC(=O)CSCc2ccc(OC)c([N+](=O)[O-])c2)c2ccccc2c1=O. The molecule has 3 rings (SSSR count). The Balaban J connectivity index is 1.61. The van der Waals surface area contributed by atoms with Crippen molar-refractivity contribution in [1.82, 2.24) is 20.6 Å². The molecule has 0 atom stereocenters. The highest BCUT2D eigenvalue weighted by atomic mass is 32.2. The molecule has 1 aromatic heterocycles. The van der Waals surface area contributed by atoms with E-state index in [0.717, 1.165) is 0 Å². The standard InChI is InChI=1S/C22H23N5O6S/c1-3-10-26-22(30)16-7-5-4-6-15(16)20(25-26)21(29)24-23-19(28)13-34-12-14-8-9-18(33-2)17(11-14)27(31)32/h4-9,11H,3,10,12-13H2,1-2H3,(H,23,28)(H,24,29). The Labute approximate surface area is 198 Å². The van der Waals surface area contributed by atoms with Gasteiger partial charge in [-0.2, -0.15) is 5.10 Å². The number of hydrogen-bond acceptors (Lipinski definition) is 8. The molecule has 1 heterocycles. The topological polar surface area (TPSA) is 145 Å². The van der Waals surface area contributed by atoms with Gasteiger partial charge in [0.05, 0.1) is 23.2 Å². The van der Waals surface area contributed by atoms with E-state index in [1.807, 2.05) is 6.92 Å². The van der Waals surface area contributed by atoms with Gasteiger partial charge in [0.25, 0.3) is 11.5 Å². The lowest BCUT2D eigenvalue weighted by atomic mass is 10.1. The number of amides is 2. The van der Waals surface area contributed by atoms with E-state index in [2.05, 4.69) is 16.0 Å². The molecule has 12 heteroatoms. The monoisotopic (exact) mass is 485 g/mol. The van der Waals surface area contributed by atoms with Crippen molar-refractivity contribution >= 4 is 40.0 Å². The molecule has 0 radical (unpaired) electrons. The molecule has 0 aliphatic heterocycles. The van der Waals surface area contributed by atoms with Crippen molar-refractivity contribution < 1.29 is 19.2 Å². The van der Waals surface area contributed by atoms with Crippen molar-refractivity contribution in [3.05, 3.63) is 74.2 Å². The number of hydrazine groups is 1. The Morgan fingerprint density at radius 3 is 2.59 bits per heavy atom. The fraction of sp³-hybridized carbons (Fsp3) is 0.273. The molecule has 2 amide bonds. The molecule has 0 spiro atoms. The molecule has 0 fully saturated rings. The molecule has 178 valence electrons. The van der Waals surface area contributed by atoms with Crippen LogP contribution < -0.4 is 21.1 Å². The Hall–Kier alpha value is -3.93. The highest BCUT2D eigenvalue weighted by Gasteiger charge is 2.18. The van der Waals surface area contributed by atoms with Gasteiger partial charge in [-0.15, -0.1) is 11.8 Å². The van der Waals surface area contributed by atoms with E-state index in [4.69, 9.17) is 4.74 Å². The second kappa shape index (κ2) is 11.3. The number of aryl methyl sites for hydroxylation is 1.